The first-order valence-electron chi connectivity index (χ1n) is 9.64. The maximum absolute atomic E-state index is 6.14. The van der Waals surface area contributed by atoms with Crippen molar-refractivity contribution in [3.8, 4) is 11.5 Å². The van der Waals surface area contributed by atoms with Gasteiger partial charge in [0, 0.05) is 32.2 Å². The minimum absolute atomic E-state index is 0. The molecule has 0 radical (unpaired) electrons. The normalized spacial score (nSPS) is 17.8. The fraction of sp³-hybridized carbons (Fsp3) is 0.455. The van der Waals surface area contributed by atoms with Gasteiger partial charge in [0.15, 0.2) is 11.5 Å². The predicted octanol–water partition coefficient (Wildman–Crippen LogP) is 4.47. The molecule has 1 N–H and O–H groups in total. The second-order valence-electron chi connectivity index (χ2n) is 7.25. The zero-order chi connectivity index (χ0) is 17.8. The van der Waals surface area contributed by atoms with Gasteiger partial charge >= 0.3 is 0 Å². The molecule has 1 saturated carbocycles. The number of methoxy groups -OCH3 is 1. The van der Waals surface area contributed by atoms with Gasteiger partial charge in [-0.1, -0.05) is 36.4 Å². The Kier molecular flexibility index (Phi) is 8.90. The van der Waals surface area contributed by atoms with Gasteiger partial charge in [0.1, 0.15) is 6.61 Å². The number of hydrogen-bond acceptors (Lipinski definition) is 4. The smallest absolute Gasteiger partial charge is 0.161 e. The van der Waals surface area contributed by atoms with Crippen molar-refractivity contribution < 1.29 is 9.47 Å². The molecular formula is C22H30Cl2N2O2. The summed E-state index contributed by atoms with van der Waals surface area (Å²) in [5.41, 5.74) is 2.53. The Labute approximate surface area is 180 Å². The summed E-state index contributed by atoms with van der Waals surface area (Å²) in [4.78, 5) is 2.64. The average Bonchev–Trinajstić information content (AvgIpc) is 3.53. The second-order valence-corrected chi connectivity index (χ2v) is 7.25. The van der Waals surface area contributed by atoms with Gasteiger partial charge in [-0.2, -0.15) is 0 Å². The van der Waals surface area contributed by atoms with E-state index in [1.165, 1.54) is 24.0 Å². The van der Waals surface area contributed by atoms with Crippen molar-refractivity contribution in [3.05, 3.63) is 59.7 Å². The molecule has 1 saturated heterocycles. The molecule has 2 aliphatic rings. The van der Waals surface area contributed by atoms with Gasteiger partial charge in [-0.25, -0.2) is 0 Å². The standard InChI is InChI=1S/C22H28N2O2.2ClH/c1-25-20-10-9-19(15-21(20)26-16-17-5-3-2-4-6-17)22(18-7-8-18)24-13-11-23-12-14-24;;/h2-6,9-10,15,18,22-23H,7-8,11-14,16H2,1H3;2*1H/t22-;;/m0../s1. The molecule has 2 fully saturated rings. The molecule has 0 spiro atoms. The van der Waals surface area contributed by atoms with Gasteiger partial charge in [0.25, 0.3) is 0 Å². The van der Waals surface area contributed by atoms with Crippen molar-refractivity contribution in [3.63, 3.8) is 0 Å². The summed E-state index contributed by atoms with van der Waals surface area (Å²) in [7, 11) is 1.71. The van der Waals surface area contributed by atoms with Crippen molar-refractivity contribution in [1.29, 1.82) is 0 Å². The Morgan fingerprint density at radius 2 is 1.71 bits per heavy atom. The van der Waals surface area contributed by atoms with E-state index in [2.05, 4.69) is 40.5 Å². The Morgan fingerprint density at radius 1 is 1.00 bits per heavy atom. The molecule has 1 heterocycles. The number of piperazine rings is 1. The molecule has 1 atom stereocenters. The van der Waals surface area contributed by atoms with Crippen LogP contribution in [-0.2, 0) is 6.61 Å². The number of benzene rings is 2. The molecule has 2 aromatic carbocycles. The number of hydrogen-bond donors (Lipinski definition) is 1. The second kappa shape index (κ2) is 10.9. The van der Waals surface area contributed by atoms with E-state index in [4.69, 9.17) is 9.47 Å². The van der Waals surface area contributed by atoms with Crippen LogP contribution in [0.4, 0.5) is 0 Å². The van der Waals surface area contributed by atoms with Gasteiger partial charge in [0.05, 0.1) is 7.11 Å². The van der Waals surface area contributed by atoms with Crippen LogP contribution in [-0.4, -0.2) is 38.2 Å². The van der Waals surface area contributed by atoms with Crippen molar-refractivity contribution in [2.24, 2.45) is 5.92 Å². The lowest BCUT2D eigenvalue weighted by molar-refractivity contribution is 0.155. The average molecular weight is 425 g/mol. The summed E-state index contributed by atoms with van der Waals surface area (Å²) in [6.07, 6.45) is 2.67. The molecular weight excluding hydrogens is 395 g/mol. The molecule has 0 aromatic heterocycles. The lowest BCUT2D eigenvalue weighted by Gasteiger charge is -2.35. The van der Waals surface area contributed by atoms with E-state index in [-0.39, 0.29) is 24.8 Å². The first-order valence-corrected chi connectivity index (χ1v) is 9.64. The highest BCUT2D eigenvalue weighted by Gasteiger charge is 2.37. The Balaban J connectivity index is 0.00000140. The van der Waals surface area contributed by atoms with Gasteiger partial charge in [0.2, 0.25) is 0 Å². The van der Waals surface area contributed by atoms with Crippen LogP contribution in [0.15, 0.2) is 48.5 Å². The van der Waals surface area contributed by atoms with Crippen LogP contribution in [0.25, 0.3) is 0 Å². The molecule has 0 unspecified atom stereocenters. The summed E-state index contributed by atoms with van der Waals surface area (Å²) >= 11 is 0. The van der Waals surface area contributed by atoms with Crippen LogP contribution in [0.2, 0.25) is 0 Å². The summed E-state index contributed by atoms with van der Waals surface area (Å²) < 4.78 is 11.7. The Bertz CT molecular complexity index is 720. The highest BCUT2D eigenvalue weighted by molar-refractivity contribution is 5.85. The van der Waals surface area contributed by atoms with Gasteiger partial charge in [-0.3, -0.25) is 4.90 Å². The Morgan fingerprint density at radius 3 is 2.36 bits per heavy atom. The molecule has 1 aliphatic heterocycles. The molecule has 6 heteroatoms. The molecule has 2 aromatic rings. The van der Waals surface area contributed by atoms with Crippen molar-refractivity contribution in [1.82, 2.24) is 10.2 Å². The zero-order valence-corrected chi connectivity index (χ0v) is 17.9. The first kappa shape index (κ1) is 22.8. The monoisotopic (exact) mass is 424 g/mol. The van der Waals surface area contributed by atoms with E-state index < -0.39 is 0 Å². The lowest BCUT2D eigenvalue weighted by atomic mass is 9.99. The zero-order valence-electron chi connectivity index (χ0n) is 16.3. The first-order chi connectivity index (χ1) is 12.8. The molecule has 28 heavy (non-hydrogen) atoms. The number of nitrogens with one attached hydrogen (secondary N) is 1. The predicted molar refractivity (Wildman–Crippen MR) is 118 cm³/mol. The van der Waals surface area contributed by atoms with Crippen LogP contribution in [0, 0.1) is 5.92 Å². The van der Waals surface area contributed by atoms with E-state index in [0.717, 1.165) is 43.6 Å². The molecule has 0 amide bonds. The van der Waals surface area contributed by atoms with E-state index >= 15 is 0 Å². The van der Waals surface area contributed by atoms with Crippen LogP contribution in [0.5, 0.6) is 11.5 Å². The highest BCUT2D eigenvalue weighted by atomic mass is 35.5. The fourth-order valence-electron chi connectivity index (χ4n) is 3.88. The minimum atomic E-state index is 0. The maximum Gasteiger partial charge on any atom is 0.161 e. The van der Waals surface area contributed by atoms with E-state index in [1.807, 2.05) is 18.2 Å². The fourth-order valence-corrected chi connectivity index (χ4v) is 3.88. The molecule has 1 aliphatic carbocycles. The third-order valence-electron chi connectivity index (χ3n) is 5.38. The summed E-state index contributed by atoms with van der Waals surface area (Å²) in [5, 5.41) is 3.46. The summed E-state index contributed by atoms with van der Waals surface area (Å²) in [6.45, 7) is 4.96. The summed E-state index contributed by atoms with van der Waals surface area (Å²) in [6, 6.07) is 17.3. The minimum Gasteiger partial charge on any atom is -0.493 e. The quantitative estimate of drug-likeness (QED) is 0.710. The number of nitrogens with zero attached hydrogens (tertiary/aromatic N) is 1. The Hall–Kier alpha value is -1.46. The van der Waals surface area contributed by atoms with Crippen LogP contribution >= 0.6 is 24.8 Å². The molecule has 154 valence electrons. The number of halogens is 2. The SMILES string of the molecule is COc1ccc([C@H](C2CC2)N2CCNCC2)cc1OCc1ccccc1.Cl.Cl. The van der Waals surface area contributed by atoms with Crippen molar-refractivity contribution in [2.75, 3.05) is 33.3 Å². The maximum atomic E-state index is 6.14. The van der Waals surface area contributed by atoms with Crippen LogP contribution in [0.1, 0.15) is 30.0 Å². The van der Waals surface area contributed by atoms with E-state index in [9.17, 15) is 0 Å². The molecule has 4 rings (SSSR count). The van der Waals surface area contributed by atoms with E-state index in [1.54, 1.807) is 7.11 Å². The third-order valence-corrected chi connectivity index (χ3v) is 5.38. The lowest BCUT2D eigenvalue weighted by Crippen LogP contribution is -2.45. The van der Waals surface area contributed by atoms with Crippen LogP contribution < -0.4 is 14.8 Å². The topological polar surface area (TPSA) is 33.7 Å². The molecule has 4 nitrogen and oxygen atoms in total. The van der Waals surface area contributed by atoms with Gasteiger partial charge in [-0.15, -0.1) is 24.8 Å². The van der Waals surface area contributed by atoms with Crippen LogP contribution in [0.3, 0.4) is 0 Å². The summed E-state index contributed by atoms with van der Waals surface area (Å²) in [5.74, 6) is 2.43. The van der Waals surface area contributed by atoms with Crippen molar-refractivity contribution >= 4 is 24.8 Å². The highest BCUT2D eigenvalue weighted by Crippen LogP contribution is 2.46. The van der Waals surface area contributed by atoms with Gasteiger partial charge in [-0.05, 0) is 42.0 Å². The molecule has 0 bridgehead atoms. The third kappa shape index (κ3) is 5.54. The largest absolute Gasteiger partial charge is 0.493 e. The number of ether oxygens (including phenoxy) is 2. The van der Waals surface area contributed by atoms with Crippen molar-refractivity contribution in [2.45, 2.75) is 25.5 Å². The number of rotatable bonds is 7. The van der Waals surface area contributed by atoms with Gasteiger partial charge < -0.3 is 14.8 Å². The van der Waals surface area contributed by atoms with E-state index in [0.29, 0.717) is 12.6 Å².